The number of methoxy groups -OCH3 is 1. The minimum atomic E-state index is -3.14. The molecule has 6 nitrogen and oxygen atoms in total. The van der Waals surface area contributed by atoms with Gasteiger partial charge in [-0.2, -0.15) is 0 Å². The van der Waals surface area contributed by atoms with Gasteiger partial charge in [-0.05, 0) is 18.6 Å². The van der Waals surface area contributed by atoms with Crippen LogP contribution in [-0.2, 0) is 10.0 Å². The third kappa shape index (κ3) is 5.71. The first kappa shape index (κ1) is 15.5. The second kappa shape index (κ2) is 7.10. The molecule has 1 rings (SSSR count). The third-order valence-corrected chi connectivity index (χ3v) is 3.04. The zero-order valence-corrected chi connectivity index (χ0v) is 11.8. The first-order valence-electron chi connectivity index (χ1n) is 5.74. The Morgan fingerprint density at radius 3 is 2.84 bits per heavy atom. The molecule has 0 amide bonds. The maximum Gasteiger partial charge on any atom is 0.208 e. The Morgan fingerprint density at radius 2 is 2.21 bits per heavy atom. The summed E-state index contributed by atoms with van der Waals surface area (Å²) in [5.41, 5.74) is 0.515. The number of hydrogen-bond donors (Lipinski definition) is 2. The monoisotopic (exact) mass is 286 g/mol. The first-order chi connectivity index (χ1) is 8.94. The van der Waals surface area contributed by atoms with E-state index >= 15 is 0 Å². The molecule has 0 aliphatic rings. The minimum Gasteiger partial charge on any atom is -0.507 e. The van der Waals surface area contributed by atoms with Crippen LogP contribution in [0.1, 0.15) is 12.0 Å². The van der Waals surface area contributed by atoms with Gasteiger partial charge in [-0.15, -0.1) is 0 Å². The predicted molar refractivity (Wildman–Crippen MR) is 74.6 cm³/mol. The van der Waals surface area contributed by atoms with Crippen molar-refractivity contribution in [3.8, 4) is 11.5 Å². The molecule has 1 aromatic carbocycles. The summed E-state index contributed by atoms with van der Waals surface area (Å²) in [4.78, 5) is 4.13. The summed E-state index contributed by atoms with van der Waals surface area (Å²) < 4.78 is 29.1. The maximum absolute atomic E-state index is 10.8. The quantitative estimate of drug-likeness (QED) is 0.572. The molecule has 1 aromatic rings. The molecule has 0 spiro atoms. The molecule has 0 unspecified atom stereocenters. The largest absolute Gasteiger partial charge is 0.507 e. The molecule has 0 aromatic heterocycles. The minimum absolute atomic E-state index is 0.0948. The van der Waals surface area contributed by atoms with Gasteiger partial charge in [0.25, 0.3) is 0 Å². The summed E-state index contributed by atoms with van der Waals surface area (Å²) in [5, 5.41) is 9.67. The maximum atomic E-state index is 10.8. The lowest BCUT2D eigenvalue weighted by atomic mass is 10.2. The van der Waals surface area contributed by atoms with E-state index in [2.05, 4.69) is 9.71 Å². The summed E-state index contributed by atoms with van der Waals surface area (Å²) in [7, 11) is -1.63. The number of nitrogens with zero attached hydrogens (tertiary/aromatic N) is 1. The van der Waals surface area contributed by atoms with Crippen molar-refractivity contribution in [2.24, 2.45) is 4.99 Å². The fourth-order valence-corrected chi connectivity index (χ4v) is 1.94. The van der Waals surface area contributed by atoms with E-state index in [1.54, 1.807) is 18.2 Å². The van der Waals surface area contributed by atoms with Crippen molar-refractivity contribution >= 4 is 16.2 Å². The number of aromatic hydroxyl groups is 1. The average molecular weight is 286 g/mol. The van der Waals surface area contributed by atoms with Crippen molar-refractivity contribution in [2.75, 3.05) is 26.5 Å². The summed E-state index contributed by atoms with van der Waals surface area (Å²) in [5.74, 6) is 0.635. The van der Waals surface area contributed by atoms with Crippen LogP contribution < -0.4 is 9.46 Å². The second-order valence-electron chi connectivity index (χ2n) is 3.95. The number of benzene rings is 1. The molecule has 0 saturated carbocycles. The fourth-order valence-electron chi connectivity index (χ4n) is 1.42. The number of nitrogens with one attached hydrogen (secondary N) is 1. The Hall–Kier alpha value is -1.60. The highest BCUT2D eigenvalue weighted by Gasteiger charge is 2.04. The van der Waals surface area contributed by atoms with Crippen molar-refractivity contribution in [1.82, 2.24) is 4.72 Å². The van der Waals surface area contributed by atoms with Gasteiger partial charge in [-0.3, -0.25) is 4.99 Å². The Labute approximate surface area is 113 Å². The zero-order valence-electron chi connectivity index (χ0n) is 11.0. The molecule has 106 valence electrons. The van der Waals surface area contributed by atoms with Gasteiger partial charge in [0.1, 0.15) is 11.5 Å². The van der Waals surface area contributed by atoms with Crippen LogP contribution in [-0.4, -0.2) is 46.2 Å². The SMILES string of the molecule is COc1cccc(O)c1C=NCCCNS(C)(=O)=O. The Bertz CT molecular complexity index is 541. The van der Waals surface area contributed by atoms with Gasteiger partial charge >= 0.3 is 0 Å². The summed E-state index contributed by atoms with van der Waals surface area (Å²) in [6, 6.07) is 4.96. The Balaban J connectivity index is 2.49. The van der Waals surface area contributed by atoms with E-state index in [-0.39, 0.29) is 5.75 Å². The second-order valence-corrected chi connectivity index (χ2v) is 5.78. The molecular weight excluding hydrogens is 268 g/mol. The van der Waals surface area contributed by atoms with Crippen LogP contribution in [0.25, 0.3) is 0 Å². The van der Waals surface area contributed by atoms with E-state index in [1.165, 1.54) is 13.3 Å². The standard InChI is InChI=1S/C12H18N2O4S/c1-18-12-6-3-5-11(15)10(12)9-13-7-4-8-14-19(2,16)17/h3,5-6,9,14-15H,4,7-8H2,1-2H3. The molecule has 19 heavy (non-hydrogen) atoms. The highest BCUT2D eigenvalue weighted by Crippen LogP contribution is 2.24. The predicted octanol–water partition coefficient (Wildman–Crippen LogP) is 0.759. The van der Waals surface area contributed by atoms with E-state index in [9.17, 15) is 13.5 Å². The van der Waals surface area contributed by atoms with Crippen molar-refractivity contribution in [2.45, 2.75) is 6.42 Å². The van der Waals surface area contributed by atoms with Crippen LogP contribution in [0.5, 0.6) is 11.5 Å². The fraction of sp³-hybridized carbons (Fsp3) is 0.417. The van der Waals surface area contributed by atoms with Crippen LogP contribution >= 0.6 is 0 Å². The molecule has 0 aliphatic carbocycles. The van der Waals surface area contributed by atoms with E-state index in [1.807, 2.05) is 0 Å². The van der Waals surface area contributed by atoms with Crippen LogP contribution in [0.3, 0.4) is 0 Å². The number of rotatable bonds is 7. The molecule has 0 radical (unpaired) electrons. The molecule has 2 N–H and O–H groups in total. The average Bonchev–Trinajstić information content (AvgIpc) is 2.33. The molecule has 0 heterocycles. The van der Waals surface area contributed by atoms with Gasteiger partial charge in [0.15, 0.2) is 0 Å². The van der Waals surface area contributed by atoms with Gasteiger partial charge in [-0.1, -0.05) is 6.07 Å². The van der Waals surface area contributed by atoms with Gasteiger partial charge in [0, 0.05) is 19.3 Å². The summed E-state index contributed by atoms with van der Waals surface area (Å²) in [6.45, 7) is 0.800. The highest BCUT2D eigenvalue weighted by molar-refractivity contribution is 7.88. The molecule has 0 saturated heterocycles. The zero-order chi connectivity index (χ0) is 14.3. The van der Waals surface area contributed by atoms with Crippen LogP contribution in [0.4, 0.5) is 0 Å². The van der Waals surface area contributed by atoms with E-state index in [0.717, 1.165) is 6.26 Å². The molecule has 0 fully saturated rings. The van der Waals surface area contributed by atoms with Crippen molar-refractivity contribution in [1.29, 1.82) is 0 Å². The van der Waals surface area contributed by atoms with Crippen LogP contribution in [0.15, 0.2) is 23.2 Å². The topological polar surface area (TPSA) is 88.0 Å². The lowest BCUT2D eigenvalue weighted by Gasteiger charge is -2.05. The third-order valence-electron chi connectivity index (χ3n) is 2.31. The lowest BCUT2D eigenvalue weighted by Crippen LogP contribution is -2.23. The molecule has 0 atom stereocenters. The number of sulfonamides is 1. The number of phenolic OH excluding ortho intramolecular Hbond substituents is 1. The number of hydrogen-bond acceptors (Lipinski definition) is 5. The number of phenols is 1. The van der Waals surface area contributed by atoms with Crippen LogP contribution in [0, 0.1) is 0 Å². The van der Waals surface area contributed by atoms with Crippen molar-refractivity contribution in [3.05, 3.63) is 23.8 Å². The Kier molecular flexibility index (Phi) is 5.78. The Morgan fingerprint density at radius 1 is 1.47 bits per heavy atom. The smallest absolute Gasteiger partial charge is 0.208 e. The molecule has 0 bridgehead atoms. The van der Waals surface area contributed by atoms with E-state index < -0.39 is 10.0 Å². The van der Waals surface area contributed by atoms with Gasteiger partial charge in [0.2, 0.25) is 10.0 Å². The molecular formula is C12H18N2O4S. The van der Waals surface area contributed by atoms with Gasteiger partial charge in [0.05, 0.1) is 18.9 Å². The lowest BCUT2D eigenvalue weighted by molar-refractivity contribution is 0.406. The molecule has 0 aliphatic heterocycles. The van der Waals surface area contributed by atoms with Crippen LogP contribution in [0.2, 0.25) is 0 Å². The molecule has 7 heteroatoms. The number of aliphatic imine (C=N–C) groups is 1. The number of ether oxygens (including phenoxy) is 1. The highest BCUT2D eigenvalue weighted by atomic mass is 32.2. The van der Waals surface area contributed by atoms with Gasteiger partial charge < -0.3 is 9.84 Å². The van der Waals surface area contributed by atoms with E-state index in [0.29, 0.717) is 30.8 Å². The summed E-state index contributed by atoms with van der Waals surface area (Å²) >= 11 is 0. The van der Waals surface area contributed by atoms with Gasteiger partial charge in [-0.25, -0.2) is 13.1 Å². The normalized spacial score (nSPS) is 11.9. The summed E-state index contributed by atoms with van der Waals surface area (Å²) in [6.07, 6.45) is 3.22. The van der Waals surface area contributed by atoms with Crippen molar-refractivity contribution in [3.63, 3.8) is 0 Å². The van der Waals surface area contributed by atoms with E-state index in [4.69, 9.17) is 4.74 Å². The van der Waals surface area contributed by atoms with Crippen molar-refractivity contribution < 1.29 is 18.3 Å². The first-order valence-corrected chi connectivity index (χ1v) is 7.63.